The molecule has 1 atom stereocenters. The highest BCUT2D eigenvalue weighted by molar-refractivity contribution is 5.92. The van der Waals surface area contributed by atoms with E-state index in [0.29, 0.717) is 6.61 Å². The average molecular weight is 406 g/mol. The second-order valence-electron chi connectivity index (χ2n) is 7.69. The Labute approximate surface area is 176 Å². The number of benzene rings is 1. The monoisotopic (exact) mass is 405 g/mol. The van der Waals surface area contributed by atoms with E-state index in [9.17, 15) is 0 Å². The van der Waals surface area contributed by atoms with E-state index in [1.54, 1.807) is 0 Å². The molecule has 2 aliphatic rings. The molecule has 1 aromatic carbocycles. The van der Waals surface area contributed by atoms with Crippen LogP contribution in [0.1, 0.15) is 0 Å². The lowest BCUT2D eigenvalue weighted by Gasteiger charge is -2.33. The molecule has 7 heteroatoms. The highest BCUT2D eigenvalue weighted by atomic mass is 16.5. The first-order valence-electron chi connectivity index (χ1n) is 10.5. The van der Waals surface area contributed by atoms with E-state index < -0.39 is 0 Å². The molecule has 0 radical (unpaired) electrons. The van der Waals surface area contributed by atoms with E-state index in [1.807, 2.05) is 19.3 Å². The van der Waals surface area contributed by atoms with Crippen molar-refractivity contribution in [3.8, 4) is 11.3 Å². The third kappa shape index (κ3) is 3.84. The molecule has 2 fully saturated rings. The van der Waals surface area contributed by atoms with Gasteiger partial charge in [0, 0.05) is 56.1 Å². The summed E-state index contributed by atoms with van der Waals surface area (Å²) in [6.45, 7) is 5.80. The summed E-state index contributed by atoms with van der Waals surface area (Å²) in [5, 5.41) is 4.42. The van der Waals surface area contributed by atoms with E-state index in [2.05, 4.69) is 56.5 Å². The van der Waals surface area contributed by atoms with Crippen LogP contribution in [0, 0.1) is 0 Å². The quantitative estimate of drug-likeness (QED) is 0.716. The molecular formula is C23H27N5O2. The van der Waals surface area contributed by atoms with Crippen molar-refractivity contribution in [3.05, 3.63) is 48.7 Å². The van der Waals surface area contributed by atoms with Crippen molar-refractivity contribution in [1.29, 1.82) is 0 Å². The number of rotatable bonds is 4. The minimum Gasteiger partial charge on any atom is -0.378 e. The van der Waals surface area contributed by atoms with Crippen molar-refractivity contribution >= 4 is 22.4 Å². The summed E-state index contributed by atoms with van der Waals surface area (Å²) in [5.74, 6) is 0.890. The lowest BCUT2D eigenvalue weighted by atomic mass is 10.1. The smallest absolute Gasteiger partial charge is 0.143 e. The Hall–Kier alpha value is -2.74. The topological polar surface area (TPSA) is 62.8 Å². The van der Waals surface area contributed by atoms with Crippen LogP contribution in [0.4, 0.5) is 11.5 Å². The summed E-state index contributed by atoms with van der Waals surface area (Å²) in [6.07, 6.45) is 1.78. The zero-order valence-electron chi connectivity index (χ0n) is 17.3. The van der Waals surface area contributed by atoms with Crippen LogP contribution in [0.3, 0.4) is 0 Å². The molecule has 1 N–H and O–H groups in total. The number of anilines is 2. The van der Waals surface area contributed by atoms with Crippen LogP contribution >= 0.6 is 0 Å². The molecule has 0 amide bonds. The standard InChI is InChI=1S/C23H27N5O2/c1-27(22-16-24-9-12-30-22)23-19-3-2-8-25-21(19)15-20(26-23)17-4-6-18(7-5-17)28-10-13-29-14-11-28/h2-8,15,22,24H,9-14,16H2,1H3. The summed E-state index contributed by atoms with van der Waals surface area (Å²) in [4.78, 5) is 14.1. The molecular weight excluding hydrogens is 378 g/mol. The van der Waals surface area contributed by atoms with E-state index in [0.717, 1.165) is 67.4 Å². The molecule has 3 aromatic rings. The molecule has 2 aliphatic heterocycles. The molecule has 0 saturated carbocycles. The van der Waals surface area contributed by atoms with Crippen LogP contribution in [-0.2, 0) is 9.47 Å². The summed E-state index contributed by atoms with van der Waals surface area (Å²) in [6, 6.07) is 14.7. The lowest BCUT2D eigenvalue weighted by molar-refractivity contribution is 0.0295. The Morgan fingerprint density at radius 1 is 1.10 bits per heavy atom. The molecule has 1 unspecified atom stereocenters. The largest absolute Gasteiger partial charge is 0.378 e. The average Bonchev–Trinajstić information content (AvgIpc) is 2.84. The van der Waals surface area contributed by atoms with Crippen LogP contribution in [-0.4, -0.2) is 69.2 Å². The minimum absolute atomic E-state index is 0.0476. The van der Waals surface area contributed by atoms with E-state index in [1.165, 1.54) is 5.69 Å². The van der Waals surface area contributed by atoms with Crippen molar-refractivity contribution in [2.75, 3.05) is 62.8 Å². The maximum absolute atomic E-state index is 5.96. The SMILES string of the molecule is CN(c1nc(-c2ccc(N3CCOCC3)cc2)cc2ncccc12)C1CNCCO1. The summed E-state index contributed by atoms with van der Waals surface area (Å²) in [7, 11) is 2.04. The van der Waals surface area contributed by atoms with Gasteiger partial charge in [0.15, 0.2) is 0 Å². The van der Waals surface area contributed by atoms with Crippen LogP contribution < -0.4 is 15.1 Å². The van der Waals surface area contributed by atoms with E-state index >= 15 is 0 Å². The number of fused-ring (bicyclic) bond motifs is 1. The minimum atomic E-state index is -0.0476. The highest BCUT2D eigenvalue weighted by Gasteiger charge is 2.22. The van der Waals surface area contributed by atoms with Gasteiger partial charge in [-0.25, -0.2) is 4.98 Å². The third-order valence-electron chi connectivity index (χ3n) is 5.79. The number of pyridine rings is 2. The maximum atomic E-state index is 5.96. The van der Waals surface area contributed by atoms with Gasteiger partial charge in [-0.15, -0.1) is 0 Å². The Balaban J connectivity index is 1.50. The van der Waals surface area contributed by atoms with Gasteiger partial charge < -0.3 is 24.6 Å². The Morgan fingerprint density at radius 2 is 1.93 bits per heavy atom. The third-order valence-corrected chi connectivity index (χ3v) is 5.79. The number of ether oxygens (including phenoxy) is 2. The fourth-order valence-corrected chi connectivity index (χ4v) is 4.08. The van der Waals surface area contributed by atoms with Gasteiger partial charge >= 0.3 is 0 Å². The van der Waals surface area contributed by atoms with Crippen LogP contribution in [0.2, 0.25) is 0 Å². The van der Waals surface area contributed by atoms with E-state index in [4.69, 9.17) is 14.5 Å². The van der Waals surface area contributed by atoms with Crippen molar-refractivity contribution in [3.63, 3.8) is 0 Å². The number of likely N-dealkylation sites (N-methyl/N-ethyl adjacent to an activating group) is 1. The lowest BCUT2D eigenvalue weighted by Crippen LogP contribution is -2.48. The van der Waals surface area contributed by atoms with Gasteiger partial charge in [-0.1, -0.05) is 12.1 Å². The zero-order chi connectivity index (χ0) is 20.3. The summed E-state index contributed by atoms with van der Waals surface area (Å²) in [5.41, 5.74) is 4.16. The predicted octanol–water partition coefficient (Wildman–Crippen LogP) is 2.52. The van der Waals surface area contributed by atoms with Gasteiger partial charge in [-0.05, 0) is 30.3 Å². The number of nitrogens with zero attached hydrogens (tertiary/aromatic N) is 4. The molecule has 0 aliphatic carbocycles. The van der Waals surface area contributed by atoms with Crippen molar-refractivity contribution in [2.24, 2.45) is 0 Å². The van der Waals surface area contributed by atoms with Gasteiger partial charge in [0.25, 0.3) is 0 Å². The molecule has 4 heterocycles. The zero-order valence-corrected chi connectivity index (χ0v) is 17.3. The van der Waals surface area contributed by atoms with Gasteiger partial charge in [0.1, 0.15) is 12.0 Å². The molecule has 156 valence electrons. The number of hydrogen-bond acceptors (Lipinski definition) is 7. The molecule has 0 bridgehead atoms. The molecule has 2 saturated heterocycles. The fraction of sp³-hybridized carbons (Fsp3) is 0.391. The predicted molar refractivity (Wildman–Crippen MR) is 119 cm³/mol. The van der Waals surface area contributed by atoms with Crippen LogP contribution in [0.15, 0.2) is 48.7 Å². The Bertz CT molecular complexity index is 998. The van der Waals surface area contributed by atoms with Gasteiger partial charge in [-0.2, -0.15) is 0 Å². The number of aromatic nitrogens is 2. The molecule has 0 spiro atoms. The van der Waals surface area contributed by atoms with Crippen molar-refractivity contribution in [2.45, 2.75) is 6.23 Å². The molecule has 2 aromatic heterocycles. The fourth-order valence-electron chi connectivity index (χ4n) is 4.08. The molecule has 5 rings (SSSR count). The van der Waals surface area contributed by atoms with Gasteiger partial charge in [0.05, 0.1) is 31.0 Å². The number of hydrogen-bond donors (Lipinski definition) is 1. The van der Waals surface area contributed by atoms with Gasteiger partial charge in [-0.3, -0.25) is 4.98 Å². The van der Waals surface area contributed by atoms with Gasteiger partial charge in [0.2, 0.25) is 0 Å². The second-order valence-corrected chi connectivity index (χ2v) is 7.69. The highest BCUT2D eigenvalue weighted by Crippen LogP contribution is 2.30. The first kappa shape index (κ1) is 19.2. The maximum Gasteiger partial charge on any atom is 0.143 e. The summed E-state index contributed by atoms with van der Waals surface area (Å²) < 4.78 is 11.4. The Kier molecular flexibility index (Phi) is 5.48. The first-order chi connectivity index (χ1) is 14.8. The van der Waals surface area contributed by atoms with Crippen LogP contribution in [0.25, 0.3) is 22.2 Å². The van der Waals surface area contributed by atoms with Crippen LogP contribution in [0.5, 0.6) is 0 Å². The molecule has 7 nitrogen and oxygen atoms in total. The Morgan fingerprint density at radius 3 is 2.70 bits per heavy atom. The van der Waals surface area contributed by atoms with Crippen molar-refractivity contribution in [1.82, 2.24) is 15.3 Å². The normalized spacial score (nSPS) is 19.8. The summed E-state index contributed by atoms with van der Waals surface area (Å²) >= 11 is 0. The van der Waals surface area contributed by atoms with E-state index in [-0.39, 0.29) is 6.23 Å². The second kappa shape index (κ2) is 8.55. The number of nitrogens with one attached hydrogen (secondary N) is 1. The first-order valence-corrected chi connectivity index (χ1v) is 10.5. The number of morpholine rings is 2. The van der Waals surface area contributed by atoms with Crippen molar-refractivity contribution < 1.29 is 9.47 Å². The molecule has 30 heavy (non-hydrogen) atoms.